The first-order valence-electron chi connectivity index (χ1n) is 5.85. The Morgan fingerprint density at radius 3 is 2.65 bits per heavy atom. The van der Waals surface area contributed by atoms with Crippen LogP contribution in [0.5, 0.6) is 0 Å². The maximum atomic E-state index is 11.7. The molecule has 8 heteroatoms. The molecule has 1 amide bonds. The molecule has 0 aliphatic heterocycles. The van der Waals surface area contributed by atoms with Gasteiger partial charge in [0.1, 0.15) is 5.02 Å². The van der Waals surface area contributed by atoms with E-state index < -0.39 is 16.8 Å². The van der Waals surface area contributed by atoms with Crippen molar-refractivity contribution < 1.29 is 19.6 Å². The van der Waals surface area contributed by atoms with E-state index in [9.17, 15) is 19.7 Å². The second-order valence-electron chi connectivity index (χ2n) is 4.03. The SMILES string of the molecule is O=C(O)CCCCNC(=O)c1ccc(Cl)c([N+](=O)[O-])c1. The molecule has 1 aromatic rings. The third kappa shape index (κ3) is 4.85. The molecule has 0 saturated carbocycles. The van der Waals surface area contributed by atoms with Gasteiger partial charge in [0.05, 0.1) is 4.92 Å². The summed E-state index contributed by atoms with van der Waals surface area (Å²) in [6, 6.07) is 3.79. The molecular weight excluding hydrogens is 288 g/mol. The first-order valence-corrected chi connectivity index (χ1v) is 6.23. The molecule has 7 nitrogen and oxygen atoms in total. The highest BCUT2D eigenvalue weighted by atomic mass is 35.5. The number of hydrogen-bond donors (Lipinski definition) is 2. The molecule has 0 heterocycles. The van der Waals surface area contributed by atoms with Gasteiger partial charge in [-0.05, 0) is 25.0 Å². The molecule has 2 N–H and O–H groups in total. The van der Waals surface area contributed by atoms with Crippen LogP contribution in [0, 0.1) is 10.1 Å². The van der Waals surface area contributed by atoms with Gasteiger partial charge < -0.3 is 10.4 Å². The molecule has 1 rings (SSSR count). The fourth-order valence-electron chi connectivity index (χ4n) is 1.50. The molecule has 0 aromatic heterocycles. The molecule has 0 unspecified atom stereocenters. The Balaban J connectivity index is 2.53. The standard InChI is InChI=1S/C12H13ClN2O5/c13-9-5-4-8(7-10(9)15(19)20)12(18)14-6-2-1-3-11(16)17/h4-5,7H,1-3,6H2,(H,14,18)(H,16,17). The van der Waals surface area contributed by atoms with Gasteiger partial charge in [-0.2, -0.15) is 0 Å². The summed E-state index contributed by atoms with van der Waals surface area (Å²) in [6.07, 6.45) is 1.02. The van der Waals surface area contributed by atoms with Crippen molar-refractivity contribution in [3.8, 4) is 0 Å². The molecule has 0 aliphatic rings. The zero-order valence-corrected chi connectivity index (χ0v) is 11.2. The number of carboxylic acid groups (broad SMARTS) is 1. The van der Waals surface area contributed by atoms with Crippen molar-refractivity contribution in [1.82, 2.24) is 5.32 Å². The molecule has 1 aromatic carbocycles. The molecule has 0 atom stereocenters. The third-order valence-electron chi connectivity index (χ3n) is 2.51. The molecule has 0 bridgehead atoms. The lowest BCUT2D eigenvalue weighted by Gasteiger charge is -2.05. The Hall–Kier alpha value is -2.15. The Bertz CT molecular complexity index is 533. The smallest absolute Gasteiger partial charge is 0.303 e. The minimum atomic E-state index is -0.885. The van der Waals surface area contributed by atoms with Crippen molar-refractivity contribution in [2.45, 2.75) is 19.3 Å². The van der Waals surface area contributed by atoms with Gasteiger partial charge in [0.2, 0.25) is 0 Å². The van der Waals surface area contributed by atoms with E-state index in [2.05, 4.69) is 5.32 Å². The minimum Gasteiger partial charge on any atom is -0.481 e. The van der Waals surface area contributed by atoms with E-state index in [0.717, 1.165) is 6.07 Å². The van der Waals surface area contributed by atoms with E-state index in [0.29, 0.717) is 19.4 Å². The highest BCUT2D eigenvalue weighted by molar-refractivity contribution is 6.32. The summed E-state index contributed by atoms with van der Waals surface area (Å²) < 4.78 is 0. The summed E-state index contributed by atoms with van der Waals surface area (Å²) in [5.41, 5.74) is -0.190. The number of carboxylic acids is 1. The maximum absolute atomic E-state index is 11.7. The highest BCUT2D eigenvalue weighted by Crippen LogP contribution is 2.24. The van der Waals surface area contributed by atoms with Crippen LogP contribution in [-0.4, -0.2) is 28.5 Å². The summed E-state index contributed by atoms with van der Waals surface area (Å²) in [6.45, 7) is 0.308. The molecule has 20 heavy (non-hydrogen) atoms. The fraction of sp³-hybridized carbons (Fsp3) is 0.333. The molecule has 0 aliphatic carbocycles. The number of nitro benzene ring substituents is 1. The topological polar surface area (TPSA) is 110 Å². The van der Waals surface area contributed by atoms with Crippen molar-refractivity contribution in [2.75, 3.05) is 6.54 Å². The average molecular weight is 301 g/mol. The summed E-state index contributed by atoms with van der Waals surface area (Å²) in [5.74, 6) is -1.34. The van der Waals surface area contributed by atoms with E-state index in [-0.39, 0.29) is 22.7 Å². The Morgan fingerprint density at radius 1 is 1.35 bits per heavy atom. The van der Waals surface area contributed by atoms with Crippen LogP contribution in [0.25, 0.3) is 0 Å². The van der Waals surface area contributed by atoms with Gasteiger partial charge in [-0.3, -0.25) is 19.7 Å². The van der Waals surface area contributed by atoms with Crippen molar-refractivity contribution in [1.29, 1.82) is 0 Å². The third-order valence-corrected chi connectivity index (χ3v) is 2.83. The fourth-order valence-corrected chi connectivity index (χ4v) is 1.69. The van der Waals surface area contributed by atoms with Crippen LogP contribution in [0.1, 0.15) is 29.6 Å². The molecule has 0 fully saturated rings. The Labute approximate surface area is 119 Å². The van der Waals surface area contributed by atoms with Crippen LogP contribution in [0.4, 0.5) is 5.69 Å². The molecular formula is C12H13ClN2O5. The number of hydrogen-bond acceptors (Lipinski definition) is 4. The van der Waals surface area contributed by atoms with Gasteiger partial charge in [0.25, 0.3) is 11.6 Å². The van der Waals surface area contributed by atoms with Crippen LogP contribution in [0.15, 0.2) is 18.2 Å². The van der Waals surface area contributed by atoms with E-state index in [1.54, 1.807) is 0 Å². The van der Waals surface area contributed by atoms with Gasteiger partial charge in [0, 0.05) is 24.6 Å². The van der Waals surface area contributed by atoms with E-state index >= 15 is 0 Å². The first-order chi connectivity index (χ1) is 9.41. The quantitative estimate of drug-likeness (QED) is 0.456. The minimum absolute atomic E-state index is 0.0343. The normalized spacial score (nSPS) is 10.1. The largest absolute Gasteiger partial charge is 0.481 e. The van der Waals surface area contributed by atoms with Crippen molar-refractivity contribution in [2.24, 2.45) is 0 Å². The van der Waals surface area contributed by atoms with Crippen molar-refractivity contribution >= 4 is 29.2 Å². The van der Waals surface area contributed by atoms with Crippen molar-refractivity contribution in [3.63, 3.8) is 0 Å². The number of halogens is 1. The number of nitro groups is 1. The molecule has 108 valence electrons. The number of carbonyl (C=O) groups excluding carboxylic acids is 1. The molecule has 0 saturated heterocycles. The average Bonchev–Trinajstić information content (AvgIpc) is 2.37. The number of carbonyl (C=O) groups is 2. The van der Waals surface area contributed by atoms with Crippen LogP contribution in [0.2, 0.25) is 5.02 Å². The van der Waals surface area contributed by atoms with Crippen LogP contribution < -0.4 is 5.32 Å². The lowest BCUT2D eigenvalue weighted by molar-refractivity contribution is -0.384. The van der Waals surface area contributed by atoms with Gasteiger partial charge in [-0.1, -0.05) is 11.6 Å². The first kappa shape index (κ1) is 15.9. The summed E-state index contributed by atoms with van der Waals surface area (Å²) in [5, 5.41) is 21.7. The van der Waals surface area contributed by atoms with Crippen molar-refractivity contribution in [3.05, 3.63) is 38.9 Å². The summed E-state index contributed by atoms with van der Waals surface area (Å²) in [4.78, 5) is 32.1. The number of amides is 1. The van der Waals surface area contributed by atoms with Gasteiger partial charge in [0.15, 0.2) is 0 Å². The zero-order valence-electron chi connectivity index (χ0n) is 10.5. The predicted molar refractivity (Wildman–Crippen MR) is 71.9 cm³/mol. The van der Waals surface area contributed by atoms with Crippen LogP contribution in [-0.2, 0) is 4.79 Å². The Kier molecular flexibility index (Phi) is 5.92. The number of nitrogens with one attached hydrogen (secondary N) is 1. The summed E-state index contributed by atoms with van der Waals surface area (Å²) >= 11 is 5.64. The van der Waals surface area contributed by atoms with Crippen LogP contribution >= 0.6 is 11.6 Å². The van der Waals surface area contributed by atoms with Gasteiger partial charge in [-0.25, -0.2) is 0 Å². The second-order valence-corrected chi connectivity index (χ2v) is 4.44. The molecule has 0 radical (unpaired) electrons. The van der Waals surface area contributed by atoms with Gasteiger partial charge >= 0.3 is 5.97 Å². The number of rotatable bonds is 7. The Morgan fingerprint density at radius 2 is 2.05 bits per heavy atom. The van der Waals surface area contributed by atoms with E-state index in [1.807, 2.05) is 0 Å². The number of unbranched alkanes of at least 4 members (excludes halogenated alkanes) is 1. The zero-order chi connectivity index (χ0) is 15.1. The highest BCUT2D eigenvalue weighted by Gasteiger charge is 2.15. The maximum Gasteiger partial charge on any atom is 0.303 e. The summed E-state index contributed by atoms with van der Waals surface area (Å²) in [7, 11) is 0. The lowest BCUT2D eigenvalue weighted by Crippen LogP contribution is -2.24. The lowest BCUT2D eigenvalue weighted by atomic mass is 10.2. The van der Waals surface area contributed by atoms with E-state index in [1.165, 1.54) is 12.1 Å². The number of aliphatic carboxylic acids is 1. The van der Waals surface area contributed by atoms with Gasteiger partial charge in [-0.15, -0.1) is 0 Å². The predicted octanol–water partition coefficient (Wildman–Crippen LogP) is 2.23. The number of nitrogens with zero attached hydrogens (tertiary/aromatic N) is 1. The monoisotopic (exact) mass is 300 g/mol. The van der Waals surface area contributed by atoms with Crippen LogP contribution in [0.3, 0.4) is 0 Å². The second kappa shape index (κ2) is 7.44. The number of benzene rings is 1. The van der Waals surface area contributed by atoms with E-state index in [4.69, 9.17) is 16.7 Å². The molecule has 0 spiro atoms.